The number of fused-ring (bicyclic) bond motifs is 1. The first-order chi connectivity index (χ1) is 9.47. The van der Waals surface area contributed by atoms with Crippen molar-refractivity contribution in [3.8, 4) is 5.69 Å². The molecule has 106 valence electrons. The van der Waals surface area contributed by atoms with Crippen molar-refractivity contribution >= 4 is 0 Å². The highest BCUT2D eigenvalue weighted by Gasteiger charge is 2.30. The van der Waals surface area contributed by atoms with Crippen LogP contribution in [0.25, 0.3) is 5.69 Å². The van der Waals surface area contributed by atoms with E-state index in [-0.39, 0.29) is 5.56 Å². The normalized spacial score (nSPS) is 15.2. The molecule has 0 fully saturated rings. The summed E-state index contributed by atoms with van der Waals surface area (Å²) in [6.07, 6.45) is -0.804. The number of aryl methyl sites for hydroxylation is 1. The van der Waals surface area contributed by atoms with E-state index < -0.39 is 11.7 Å². The first kappa shape index (κ1) is 13.0. The summed E-state index contributed by atoms with van der Waals surface area (Å²) >= 11 is 0. The molecule has 1 N–H and O–H groups in total. The summed E-state index contributed by atoms with van der Waals surface area (Å²) in [6, 6.07) is 4.60. The van der Waals surface area contributed by atoms with Crippen LogP contribution in [0.1, 0.15) is 29.7 Å². The van der Waals surface area contributed by atoms with Gasteiger partial charge in [-0.1, -0.05) is 0 Å². The Labute approximate surface area is 113 Å². The molecule has 1 aliphatic carbocycles. The topological polar surface area (TPSA) is 37.8 Å². The second-order valence-electron chi connectivity index (χ2n) is 4.96. The molecule has 1 heterocycles. The van der Waals surface area contributed by atoms with Crippen LogP contribution < -0.4 is 5.56 Å². The third kappa shape index (κ3) is 2.15. The van der Waals surface area contributed by atoms with Crippen molar-refractivity contribution in [2.24, 2.45) is 0 Å². The summed E-state index contributed by atoms with van der Waals surface area (Å²) in [5.74, 6) is 0. The Hall–Kier alpha value is -1.98. The molecule has 6 heteroatoms. The van der Waals surface area contributed by atoms with Gasteiger partial charge in [-0.3, -0.25) is 9.89 Å². The summed E-state index contributed by atoms with van der Waals surface area (Å²) in [5, 5.41) is 3.00. The van der Waals surface area contributed by atoms with E-state index in [1.54, 1.807) is 0 Å². The molecule has 20 heavy (non-hydrogen) atoms. The van der Waals surface area contributed by atoms with Crippen LogP contribution in [0.4, 0.5) is 13.2 Å². The molecule has 2 aromatic rings. The number of benzene rings is 1. The fraction of sp³-hybridized carbons (Fsp3) is 0.357. The van der Waals surface area contributed by atoms with Crippen LogP contribution in [0, 0.1) is 0 Å². The maximum Gasteiger partial charge on any atom is 0.416 e. The molecule has 0 radical (unpaired) electrons. The molecule has 3 nitrogen and oxygen atoms in total. The Morgan fingerprint density at radius 2 is 1.70 bits per heavy atom. The third-order valence-electron chi connectivity index (χ3n) is 3.63. The number of nitrogens with zero attached hydrogens (tertiary/aromatic N) is 1. The molecule has 0 amide bonds. The SMILES string of the molecule is O=c1c2c([nH]n1-c1ccc(C(F)(F)F)cc1)CCCC2. The number of alkyl halides is 3. The first-order valence-electron chi connectivity index (χ1n) is 6.47. The molecule has 0 unspecified atom stereocenters. The lowest BCUT2D eigenvalue weighted by Crippen LogP contribution is -2.18. The highest BCUT2D eigenvalue weighted by Crippen LogP contribution is 2.29. The summed E-state index contributed by atoms with van der Waals surface area (Å²) in [5.41, 5.74) is 1.22. The summed E-state index contributed by atoms with van der Waals surface area (Å²) < 4.78 is 38.9. The number of hydrogen-bond acceptors (Lipinski definition) is 1. The molecule has 0 bridgehead atoms. The number of aromatic amines is 1. The molecule has 0 saturated carbocycles. The van der Waals surface area contributed by atoms with Gasteiger partial charge < -0.3 is 0 Å². The van der Waals surface area contributed by atoms with E-state index in [0.29, 0.717) is 5.69 Å². The van der Waals surface area contributed by atoms with E-state index in [4.69, 9.17) is 0 Å². The number of rotatable bonds is 1. The summed E-state index contributed by atoms with van der Waals surface area (Å²) in [4.78, 5) is 12.2. The molecular formula is C14H13F3N2O. The summed E-state index contributed by atoms with van der Waals surface area (Å²) in [6.45, 7) is 0. The van der Waals surface area contributed by atoms with Crippen LogP contribution in [-0.2, 0) is 19.0 Å². The minimum Gasteiger partial charge on any atom is -0.295 e. The van der Waals surface area contributed by atoms with Crippen LogP contribution in [0.5, 0.6) is 0 Å². The maximum atomic E-state index is 12.5. The molecular weight excluding hydrogens is 269 g/mol. The van der Waals surface area contributed by atoms with Crippen molar-refractivity contribution in [3.63, 3.8) is 0 Å². The quantitative estimate of drug-likeness (QED) is 0.857. The van der Waals surface area contributed by atoms with Gasteiger partial charge in [0.05, 0.1) is 11.3 Å². The number of hydrogen-bond donors (Lipinski definition) is 1. The Morgan fingerprint density at radius 1 is 1.05 bits per heavy atom. The van der Waals surface area contributed by atoms with Crippen molar-refractivity contribution in [2.75, 3.05) is 0 Å². The van der Waals surface area contributed by atoms with Crippen LogP contribution in [0.3, 0.4) is 0 Å². The lowest BCUT2D eigenvalue weighted by atomic mass is 9.98. The van der Waals surface area contributed by atoms with Crippen LogP contribution in [-0.4, -0.2) is 9.78 Å². The third-order valence-corrected chi connectivity index (χ3v) is 3.63. The Bertz CT molecular complexity index is 680. The Morgan fingerprint density at radius 3 is 2.30 bits per heavy atom. The molecule has 0 aliphatic heterocycles. The van der Waals surface area contributed by atoms with Gasteiger partial charge in [-0.05, 0) is 49.9 Å². The van der Waals surface area contributed by atoms with Gasteiger partial charge in [-0.2, -0.15) is 13.2 Å². The number of halogens is 3. The zero-order valence-electron chi connectivity index (χ0n) is 10.6. The van der Waals surface area contributed by atoms with Gasteiger partial charge in [0.2, 0.25) is 0 Å². The van der Waals surface area contributed by atoms with Crippen molar-refractivity contribution in [3.05, 3.63) is 51.4 Å². The molecule has 1 aliphatic rings. The molecule has 0 spiro atoms. The molecule has 0 atom stereocenters. The van der Waals surface area contributed by atoms with Crippen molar-refractivity contribution in [1.82, 2.24) is 9.78 Å². The van der Waals surface area contributed by atoms with Crippen molar-refractivity contribution in [1.29, 1.82) is 0 Å². The zero-order chi connectivity index (χ0) is 14.3. The number of aromatic nitrogens is 2. The van der Waals surface area contributed by atoms with Gasteiger partial charge in [0.25, 0.3) is 5.56 Å². The fourth-order valence-corrected chi connectivity index (χ4v) is 2.57. The lowest BCUT2D eigenvalue weighted by Gasteiger charge is -2.08. The van der Waals surface area contributed by atoms with Crippen LogP contribution in [0.15, 0.2) is 29.1 Å². The molecule has 1 aromatic carbocycles. The zero-order valence-corrected chi connectivity index (χ0v) is 10.6. The van der Waals surface area contributed by atoms with Gasteiger partial charge in [-0.25, -0.2) is 4.68 Å². The summed E-state index contributed by atoms with van der Waals surface area (Å²) in [7, 11) is 0. The molecule has 0 saturated heterocycles. The monoisotopic (exact) mass is 282 g/mol. The van der Waals surface area contributed by atoms with Crippen molar-refractivity contribution < 1.29 is 13.2 Å². The fourth-order valence-electron chi connectivity index (χ4n) is 2.57. The largest absolute Gasteiger partial charge is 0.416 e. The van der Waals surface area contributed by atoms with E-state index in [2.05, 4.69) is 5.10 Å². The average molecular weight is 282 g/mol. The maximum absolute atomic E-state index is 12.5. The predicted molar refractivity (Wildman–Crippen MR) is 68.0 cm³/mol. The first-order valence-corrected chi connectivity index (χ1v) is 6.47. The van der Waals surface area contributed by atoms with Crippen molar-refractivity contribution in [2.45, 2.75) is 31.9 Å². The number of nitrogens with one attached hydrogen (secondary N) is 1. The van der Waals surface area contributed by atoms with Gasteiger partial charge in [0.15, 0.2) is 0 Å². The number of H-pyrrole nitrogens is 1. The second-order valence-corrected chi connectivity index (χ2v) is 4.96. The smallest absolute Gasteiger partial charge is 0.295 e. The second kappa shape index (κ2) is 4.54. The highest BCUT2D eigenvalue weighted by atomic mass is 19.4. The van der Waals surface area contributed by atoms with Crippen LogP contribution >= 0.6 is 0 Å². The van der Waals surface area contributed by atoms with Gasteiger partial charge in [0, 0.05) is 11.3 Å². The van der Waals surface area contributed by atoms with E-state index in [0.717, 1.165) is 49.1 Å². The van der Waals surface area contributed by atoms with Gasteiger partial charge in [-0.15, -0.1) is 0 Å². The van der Waals surface area contributed by atoms with Gasteiger partial charge >= 0.3 is 6.18 Å². The minimum absolute atomic E-state index is 0.153. The predicted octanol–water partition coefficient (Wildman–Crippen LogP) is 3.06. The Balaban J connectivity index is 2.02. The van der Waals surface area contributed by atoms with Crippen LogP contribution in [0.2, 0.25) is 0 Å². The van der Waals surface area contributed by atoms with E-state index >= 15 is 0 Å². The minimum atomic E-state index is -4.36. The standard InChI is InChI=1S/C14H13F3N2O/c15-14(16,17)9-5-7-10(8-6-9)19-13(20)11-3-1-2-4-12(11)18-19/h5-8,18H,1-4H2. The van der Waals surface area contributed by atoms with E-state index in [1.165, 1.54) is 16.8 Å². The van der Waals surface area contributed by atoms with E-state index in [1.807, 2.05) is 0 Å². The average Bonchev–Trinajstić information content (AvgIpc) is 2.76. The lowest BCUT2D eigenvalue weighted by molar-refractivity contribution is -0.137. The Kier molecular flexibility index (Phi) is 2.96. The molecule has 3 rings (SSSR count). The van der Waals surface area contributed by atoms with E-state index in [9.17, 15) is 18.0 Å². The molecule has 1 aromatic heterocycles. The van der Waals surface area contributed by atoms with Gasteiger partial charge in [0.1, 0.15) is 0 Å². The highest BCUT2D eigenvalue weighted by molar-refractivity contribution is 5.36.